The summed E-state index contributed by atoms with van der Waals surface area (Å²) in [7, 11) is -3.37. The molecule has 0 aliphatic heterocycles. The van der Waals surface area contributed by atoms with E-state index >= 15 is 0 Å². The number of nitrogens with zero attached hydrogens (tertiary/aromatic N) is 1. The third kappa shape index (κ3) is 4.64. The minimum atomic E-state index is -3.37. The Balaban J connectivity index is 1.53. The van der Waals surface area contributed by atoms with E-state index in [1.807, 2.05) is 18.3 Å². The highest BCUT2D eigenvalue weighted by atomic mass is 32.2. The lowest BCUT2D eigenvalue weighted by Gasteiger charge is -2.09. The molecule has 2 aromatic carbocycles. The van der Waals surface area contributed by atoms with Gasteiger partial charge in [-0.3, -0.25) is 9.52 Å². The largest absolute Gasteiger partial charge is 0.352 e. The van der Waals surface area contributed by atoms with E-state index in [2.05, 4.69) is 32.8 Å². The molecule has 136 valence electrons. The van der Waals surface area contributed by atoms with Gasteiger partial charge in [0.25, 0.3) is 5.91 Å². The summed E-state index contributed by atoms with van der Waals surface area (Å²) in [6.45, 7) is 1.35. The van der Waals surface area contributed by atoms with Crippen molar-refractivity contribution in [2.45, 2.75) is 13.0 Å². The van der Waals surface area contributed by atoms with Crippen LogP contribution in [0, 0.1) is 0 Å². The summed E-state index contributed by atoms with van der Waals surface area (Å²) in [6, 6.07) is 16.7. The molecule has 7 heteroatoms. The van der Waals surface area contributed by atoms with E-state index in [-0.39, 0.29) is 5.91 Å². The molecule has 0 saturated carbocycles. The van der Waals surface area contributed by atoms with Crippen LogP contribution < -0.4 is 10.0 Å². The molecule has 0 radical (unpaired) electrons. The molecule has 0 saturated heterocycles. The molecule has 0 aliphatic carbocycles. The van der Waals surface area contributed by atoms with Gasteiger partial charge in [-0.05, 0) is 42.1 Å². The van der Waals surface area contributed by atoms with Gasteiger partial charge < -0.3 is 9.88 Å². The average Bonchev–Trinajstić information content (AvgIpc) is 3.00. The molecular formula is C19H21N3O3S. The highest BCUT2D eigenvalue weighted by molar-refractivity contribution is 7.92. The van der Waals surface area contributed by atoms with Crippen LogP contribution in [0.2, 0.25) is 0 Å². The van der Waals surface area contributed by atoms with Crippen molar-refractivity contribution >= 4 is 32.5 Å². The summed E-state index contributed by atoms with van der Waals surface area (Å²) >= 11 is 0. The van der Waals surface area contributed by atoms with Gasteiger partial charge >= 0.3 is 0 Å². The average molecular weight is 371 g/mol. The van der Waals surface area contributed by atoms with Gasteiger partial charge in [0.05, 0.1) is 6.26 Å². The number of carbonyl (C=O) groups is 1. The van der Waals surface area contributed by atoms with Crippen molar-refractivity contribution in [3.05, 3.63) is 66.4 Å². The fraction of sp³-hybridized carbons (Fsp3) is 0.211. The first-order chi connectivity index (χ1) is 12.4. The first kappa shape index (κ1) is 18.0. The number of sulfonamides is 1. The Morgan fingerprint density at radius 2 is 1.88 bits per heavy atom. The minimum Gasteiger partial charge on any atom is -0.352 e. The number of hydrogen-bond donors (Lipinski definition) is 2. The van der Waals surface area contributed by atoms with Crippen LogP contribution in [-0.2, 0) is 16.6 Å². The number of anilines is 1. The molecule has 1 aromatic heterocycles. The molecule has 0 spiro atoms. The topological polar surface area (TPSA) is 80.2 Å². The Bertz CT molecular complexity index is 1030. The number of amides is 1. The van der Waals surface area contributed by atoms with E-state index in [4.69, 9.17) is 0 Å². The van der Waals surface area contributed by atoms with Gasteiger partial charge in [-0.1, -0.05) is 24.3 Å². The summed E-state index contributed by atoms with van der Waals surface area (Å²) in [5.74, 6) is -0.223. The normalized spacial score (nSPS) is 11.4. The zero-order chi connectivity index (χ0) is 18.6. The molecule has 6 nitrogen and oxygen atoms in total. The minimum absolute atomic E-state index is 0.223. The van der Waals surface area contributed by atoms with Gasteiger partial charge in [0.1, 0.15) is 0 Å². The van der Waals surface area contributed by atoms with E-state index in [0.717, 1.165) is 19.2 Å². The Morgan fingerprint density at radius 1 is 1.08 bits per heavy atom. The SMILES string of the molecule is CS(=O)(=O)Nc1cccc(C(=O)NCCCn2ccc3ccccc32)c1. The van der Waals surface area contributed by atoms with Crippen molar-refractivity contribution in [1.82, 2.24) is 9.88 Å². The van der Waals surface area contributed by atoms with E-state index < -0.39 is 10.0 Å². The maximum Gasteiger partial charge on any atom is 0.251 e. The van der Waals surface area contributed by atoms with Crippen LogP contribution in [0.1, 0.15) is 16.8 Å². The smallest absolute Gasteiger partial charge is 0.251 e. The van der Waals surface area contributed by atoms with Crippen LogP contribution in [0.4, 0.5) is 5.69 Å². The van der Waals surface area contributed by atoms with Crippen molar-refractivity contribution in [2.75, 3.05) is 17.5 Å². The van der Waals surface area contributed by atoms with Crippen LogP contribution in [0.5, 0.6) is 0 Å². The van der Waals surface area contributed by atoms with Crippen molar-refractivity contribution in [3.8, 4) is 0 Å². The van der Waals surface area contributed by atoms with Crippen LogP contribution in [-0.4, -0.2) is 31.7 Å². The van der Waals surface area contributed by atoms with Crippen LogP contribution in [0.15, 0.2) is 60.8 Å². The zero-order valence-electron chi connectivity index (χ0n) is 14.5. The van der Waals surface area contributed by atoms with Gasteiger partial charge in [0, 0.05) is 36.1 Å². The number of nitrogens with one attached hydrogen (secondary N) is 2. The van der Waals surface area contributed by atoms with Gasteiger partial charge in [0.2, 0.25) is 10.0 Å². The van der Waals surface area contributed by atoms with Crippen LogP contribution in [0.3, 0.4) is 0 Å². The Morgan fingerprint density at radius 3 is 2.69 bits per heavy atom. The number of para-hydroxylation sites is 1. The zero-order valence-corrected chi connectivity index (χ0v) is 15.3. The second kappa shape index (κ2) is 7.61. The van der Waals surface area contributed by atoms with Crippen LogP contribution >= 0.6 is 0 Å². The summed E-state index contributed by atoms with van der Waals surface area (Å²) in [6.07, 6.45) is 3.92. The number of rotatable bonds is 7. The predicted octanol–water partition coefficient (Wildman–Crippen LogP) is 2.83. The quantitative estimate of drug-likeness (QED) is 0.627. The van der Waals surface area contributed by atoms with Crippen molar-refractivity contribution in [3.63, 3.8) is 0 Å². The lowest BCUT2D eigenvalue weighted by atomic mass is 10.2. The van der Waals surface area contributed by atoms with Crippen LogP contribution in [0.25, 0.3) is 10.9 Å². The molecule has 3 aromatic rings. The number of benzene rings is 2. The predicted molar refractivity (Wildman–Crippen MR) is 104 cm³/mol. The van der Waals surface area contributed by atoms with Gasteiger partial charge in [-0.15, -0.1) is 0 Å². The Hall–Kier alpha value is -2.80. The second-order valence-corrected chi connectivity index (χ2v) is 7.88. The molecule has 0 fully saturated rings. The molecule has 1 heterocycles. The number of aromatic nitrogens is 1. The van der Waals surface area contributed by atoms with Gasteiger partial charge in [0.15, 0.2) is 0 Å². The molecule has 0 aliphatic rings. The number of hydrogen-bond acceptors (Lipinski definition) is 3. The molecule has 0 unspecified atom stereocenters. The van der Waals surface area contributed by atoms with Crippen molar-refractivity contribution in [1.29, 1.82) is 0 Å². The maximum absolute atomic E-state index is 12.2. The van der Waals surface area contributed by atoms with E-state index in [1.165, 1.54) is 17.0 Å². The highest BCUT2D eigenvalue weighted by Crippen LogP contribution is 2.15. The maximum atomic E-state index is 12.2. The fourth-order valence-electron chi connectivity index (χ4n) is 2.83. The number of carbonyl (C=O) groups excluding carboxylic acids is 1. The Labute approximate surface area is 152 Å². The summed E-state index contributed by atoms with van der Waals surface area (Å²) < 4.78 is 27.1. The van der Waals surface area contributed by atoms with Gasteiger partial charge in [-0.25, -0.2) is 8.42 Å². The molecular weight excluding hydrogens is 350 g/mol. The molecule has 0 bridgehead atoms. The van der Waals surface area contributed by atoms with Crippen molar-refractivity contribution < 1.29 is 13.2 Å². The van der Waals surface area contributed by atoms with Crippen molar-refractivity contribution in [2.24, 2.45) is 0 Å². The second-order valence-electron chi connectivity index (χ2n) is 6.13. The summed E-state index contributed by atoms with van der Waals surface area (Å²) in [5.41, 5.74) is 1.97. The lowest BCUT2D eigenvalue weighted by Crippen LogP contribution is -2.25. The highest BCUT2D eigenvalue weighted by Gasteiger charge is 2.08. The van der Waals surface area contributed by atoms with E-state index in [9.17, 15) is 13.2 Å². The molecule has 0 atom stereocenters. The Kier molecular flexibility index (Phi) is 5.27. The number of fused-ring (bicyclic) bond motifs is 1. The monoisotopic (exact) mass is 371 g/mol. The number of aryl methyl sites for hydroxylation is 1. The third-order valence-electron chi connectivity index (χ3n) is 3.97. The summed E-state index contributed by atoms with van der Waals surface area (Å²) in [4.78, 5) is 12.2. The fourth-order valence-corrected chi connectivity index (χ4v) is 3.38. The first-order valence-corrected chi connectivity index (χ1v) is 10.2. The molecule has 1 amide bonds. The lowest BCUT2D eigenvalue weighted by molar-refractivity contribution is 0.0953. The standard InChI is InChI=1S/C19H21N3O3S/c1-26(24,25)21-17-8-4-7-16(14-17)19(23)20-11-5-12-22-13-10-15-6-2-3-9-18(15)22/h2-4,6-10,13-14,21H,5,11-12H2,1H3,(H,20,23). The third-order valence-corrected chi connectivity index (χ3v) is 4.58. The molecule has 3 rings (SSSR count). The van der Waals surface area contributed by atoms with E-state index in [1.54, 1.807) is 18.2 Å². The molecule has 26 heavy (non-hydrogen) atoms. The van der Waals surface area contributed by atoms with E-state index in [0.29, 0.717) is 17.8 Å². The first-order valence-electron chi connectivity index (χ1n) is 8.32. The molecule has 2 N–H and O–H groups in total. The summed E-state index contributed by atoms with van der Waals surface area (Å²) in [5, 5.41) is 4.07. The van der Waals surface area contributed by atoms with Gasteiger partial charge in [-0.2, -0.15) is 0 Å².